The molecule has 0 saturated carbocycles. The maximum Gasteiger partial charge on any atom is 0.245 e. The third kappa shape index (κ3) is 3.63. The summed E-state index contributed by atoms with van der Waals surface area (Å²) in [5.41, 5.74) is 8.29. The summed E-state index contributed by atoms with van der Waals surface area (Å²) in [6.45, 7) is 6.54. The average molecular weight is 449 g/mol. The monoisotopic (exact) mass is 448 g/mol. The van der Waals surface area contributed by atoms with Crippen molar-refractivity contribution in [2.24, 2.45) is 0 Å². The molecule has 0 unspecified atom stereocenters. The lowest BCUT2D eigenvalue weighted by atomic mass is 9.91. The molecule has 2 aliphatic heterocycles. The number of rotatable bonds is 6. The van der Waals surface area contributed by atoms with Gasteiger partial charge in [0.05, 0.1) is 14.2 Å². The number of nitrogens with two attached hydrogens (primary N) is 1. The molecule has 2 fully saturated rings. The second-order valence-electron chi connectivity index (χ2n) is 8.55. The Labute approximate surface area is 192 Å². The van der Waals surface area contributed by atoms with Crippen molar-refractivity contribution in [2.75, 3.05) is 51.0 Å². The SMILES string of the molecule is C=CC(=O)N1CC[C@H](c2nc(N3CC(c4cc(OC)cc(OC)c4)C3)c3c(N)nccn23)C1. The predicted molar refractivity (Wildman–Crippen MR) is 126 cm³/mol. The summed E-state index contributed by atoms with van der Waals surface area (Å²) in [4.78, 5) is 25.4. The van der Waals surface area contributed by atoms with Crippen molar-refractivity contribution in [3.8, 4) is 11.5 Å². The highest BCUT2D eigenvalue weighted by Gasteiger charge is 2.35. The van der Waals surface area contributed by atoms with Crippen LogP contribution in [0.25, 0.3) is 5.52 Å². The third-order valence-corrected chi connectivity index (χ3v) is 6.66. The summed E-state index contributed by atoms with van der Waals surface area (Å²) in [7, 11) is 3.32. The van der Waals surface area contributed by atoms with Crippen LogP contribution in [0.3, 0.4) is 0 Å². The van der Waals surface area contributed by atoms with Crippen molar-refractivity contribution in [1.29, 1.82) is 0 Å². The Morgan fingerprint density at radius 1 is 1.15 bits per heavy atom. The average Bonchev–Trinajstić information content (AvgIpc) is 3.43. The van der Waals surface area contributed by atoms with E-state index in [2.05, 4.69) is 28.6 Å². The molecule has 2 saturated heterocycles. The number of anilines is 2. The topological polar surface area (TPSA) is 98.2 Å². The Morgan fingerprint density at radius 2 is 1.88 bits per heavy atom. The van der Waals surface area contributed by atoms with Gasteiger partial charge in [-0.1, -0.05) is 6.58 Å². The van der Waals surface area contributed by atoms with E-state index in [1.165, 1.54) is 11.6 Å². The summed E-state index contributed by atoms with van der Waals surface area (Å²) in [6.07, 6.45) is 5.82. The van der Waals surface area contributed by atoms with Gasteiger partial charge in [-0.05, 0) is 30.2 Å². The normalized spacial score (nSPS) is 18.4. The van der Waals surface area contributed by atoms with Gasteiger partial charge in [0.15, 0.2) is 11.6 Å². The number of nitrogens with zero attached hydrogens (tertiary/aromatic N) is 5. The molecule has 1 atom stereocenters. The number of fused-ring (bicyclic) bond motifs is 1. The number of nitrogen functional groups attached to an aromatic ring is 1. The minimum Gasteiger partial charge on any atom is -0.497 e. The summed E-state index contributed by atoms with van der Waals surface area (Å²) >= 11 is 0. The number of amides is 1. The van der Waals surface area contributed by atoms with E-state index in [1.54, 1.807) is 20.4 Å². The lowest BCUT2D eigenvalue weighted by Crippen LogP contribution is -2.45. The Kier molecular flexibility index (Phi) is 5.32. The fraction of sp³-hybridized carbons (Fsp3) is 0.375. The van der Waals surface area contributed by atoms with Crippen molar-refractivity contribution in [3.05, 3.63) is 54.6 Å². The molecule has 9 nitrogen and oxygen atoms in total. The lowest BCUT2D eigenvalue weighted by Gasteiger charge is -2.40. The molecule has 1 amide bonds. The predicted octanol–water partition coefficient (Wildman–Crippen LogP) is 2.43. The number of hydrogen-bond donors (Lipinski definition) is 1. The zero-order valence-corrected chi connectivity index (χ0v) is 18.9. The maximum absolute atomic E-state index is 12.1. The molecule has 0 spiro atoms. The Morgan fingerprint density at radius 3 is 2.55 bits per heavy atom. The molecule has 0 bridgehead atoms. The van der Waals surface area contributed by atoms with Gasteiger partial charge in [0, 0.05) is 56.5 Å². The van der Waals surface area contributed by atoms with Crippen LogP contribution in [0.2, 0.25) is 0 Å². The summed E-state index contributed by atoms with van der Waals surface area (Å²) in [6, 6.07) is 5.99. The van der Waals surface area contributed by atoms with E-state index in [0.717, 1.165) is 48.2 Å². The Balaban J connectivity index is 1.42. The molecular weight excluding hydrogens is 420 g/mol. The smallest absolute Gasteiger partial charge is 0.245 e. The van der Waals surface area contributed by atoms with Crippen LogP contribution in [0.1, 0.15) is 29.6 Å². The molecule has 3 aromatic rings. The van der Waals surface area contributed by atoms with Gasteiger partial charge in [-0.15, -0.1) is 0 Å². The first kappa shape index (κ1) is 21.1. The quantitative estimate of drug-likeness (QED) is 0.579. The van der Waals surface area contributed by atoms with Crippen LogP contribution in [-0.4, -0.2) is 65.6 Å². The molecule has 33 heavy (non-hydrogen) atoms. The minimum atomic E-state index is -0.0425. The van der Waals surface area contributed by atoms with E-state index in [1.807, 2.05) is 21.6 Å². The summed E-state index contributed by atoms with van der Waals surface area (Å²) in [5.74, 6) is 4.21. The van der Waals surface area contributed by atoms with E-state index in [0.29, 0.717) is 24.8 Å². The number of likely N-dealkylation sites (tertiary alicyclic amines) is 1. The van der Waals surface area contributed by atoms with Gasteiger partial charge in [-0.2, -0.15) is 0 Å². The molecule has 0 radical (unpaired) electrons. The van der Waals surface area contributed by atoms with E-state index >= 15 is 0 Å². The van der Waals surface area contributed by atoms with E-state index in [9.17, 15) is 4.79 Å². The number of carbonyl (C=O) groups excluding carboxylic acids is 1. The molecule has 9 heteroatoms. The molecule has 2 N–H and O–H groups in total. The van der Waals surface area contributed by atoms with Crippen LogP contribution in [0, 0.1) is 0 Å². The highest BCUT2D eigenvalue weighted by atomic mass is 16.5. The van der Waals surface area contributed by atoms with Gasteiger partial charge in [0.2, 0.25) is 5.91 Å². The summed E-state index contributed by atoms with van der Waals surface area (Å²) < 4.78 is 12.9. The molecule has 4 heterocycles. The molecule has 172 valence electrons. The molecule has 2 aromatic heterocycles. The van der Waals surface area contributed by atoms with Crippen molar-refractivity contribution in [2.45, 2.75) is 18.3 Å². The zero-order valence-electron chi connectivity index (χ0n) is 18.9. The van der Waals surface area contributed by atoms with Crippen LogP contribution < -0.4 is 20.1 Å². The van der Waals surface area contributed by atoms with Crippen LogP contribution >= 0.6 is 0 Å². The van der Waals surface area contributed by atoms with Gasteiger partial charge < -0.3 is 25.0 Å². The fourth-order valence-electron chi connectivity index (χ4n) is 4.80. The number of imidazole rings is 1. The standard InChI is InChI=1S/C24H28N6O3/c1-4-20(31)28-7-5-15(12-28)23-27-24(21-22(25)26-6-8-30(21)23)29-13-17(14-29)16-9-18(32-2)11-19(10-16)33-3/h4,6,8-11,15,17H,1,5,7,12-14H2,2-3H3,(H2,25,26)/t15-/m0/s1. The van der Waals surface area contributed by atoms with Crippen molar-refractivity contribution < 1.29 is 14.3 Å². The number of methoxy groups -OCH3 is 2. The van der Waals surface area contributed by atoms with Crippen molar-refractivity contribution >= 4 is 23.1 Å². The van der Waals surface area contributed by atoms with Gasteiger partial charge in [0.1, 0.15) is 22.8 Å². The largest absolute Gasteiger partial charge is 0.497 e. The molecule has 1 aromatic carbocycles. The maximum atomic E-state index is 12.1. The second kappa shape index (κ2) is 8.31. The van der Waals surface area contributed by atoms with Crippen LogP contribution in [0.15, 0.2) is 43.2 Å². The highest BCUT2D eigenvalue weighted by molar-refractivity contribution is 5.87. The van der Waals surface area contributed by atoms with Crippen molar-refractivity contribution in [1.82, 2.24) is 19.3 Å². The zero-order chi connectivity index (χ0) is 23.1. The minimum absolute atomic E-state index is 0.0425. The number of ether oxygens (including phenoxy) is 2. The van der Waals surface area contributed by atoms with Gasteiger partial charge in [-0.3, -0.25) is 9.20 Å². The number of hydrogen-bond acceptors (Lipinski definition) is 7. The number of carbonyl (C=O) groups is 1. The van der Waals surface area contributed by atoms with E-state index in [4.69, 9.17) is 20.2 Å². The second-order valence-corrected chi connectivity index (χ2v) is 8.55. The van der Waals surface area contributed by atoms with Crippen LogP contribution in [-0.2, 0) is 4.79 Å². The molecule has 2 aliphatic rings. The molecule has 0 aliphatic carbocycles. The number of aromatic nitrogens is 3. The first-order chi connectivity index (χ1) is 16.0. The third-order valence-electron chi connectivity index (χ3n) is 6.66. The molecular formula is C24H28N6O3. The van der Waals surface area contributed by atoms with Gasteiger partial charge >= 0.3 is 0 Å². The first-order valence-electron chi connectivity index (χ1n) is 11.0. The Hall–Kier alpha value is -3.75. The van der Waals surface area contributed by atoms with Gasteiger partial charge in [-0.25, -0.2) is 9.97 Å². The molecule has 5 rings (SSSR count). The van der Waals surface area contributed by atoms with E-state index in [-0.39, 0.29) is 11.8 Å². The Bertz CT molecular complexity index is 1190. The van der Waals surface area contributed by atoms with Crippen LogP contribution in [0.4, 0.5) is 11.6 Å². The first-order valence-corrected chi connectivity index (χ1v) is 11.0. The van der Waals surface area contributed by atoms with Crippen molar-refractivity contribution in [3.63, 3.8) is 0 Å². The van der Waals surface area contributed by atoms with Gasteiger partial charge in [0.25, 0.3) is 0 Å². The fourth-order valence-corrected chi connectivity index (χ4v) is 4.80. The summed E-state index contributed by atoms with van der Waals surface area (Å²) in [5, 5.41) is 0. The van der Waals surface area contributed by atoms with Crippen LogP contribution in [0.5, 0.6) is 11.5 Å². The van der Waals surface area contributed by atoms with E-state index < -0.39 is 0 Å². The highest BCUT2D eigenvalue weighted by Crippen LogP contribution is 2.39. The lowest BCUT2D eigenvalue weighted by molar-refractivity contribution is -0.125. The number of benzene rings is 1.